The maximum absolute atomic E-state index is 13.4. The molecule has 0 saturated heterocycles. The summed E-state index contributed by atoms with van der Waals surface area (Å²) in [5, 5.41) is 2.92. The second-order valence-corrected chi connectivity index (χ2v) is 10.3. The Morgan fingerprint density at radius 2 is 1.44 bits per heavy atom. The van der Waals surface area contributed by atoms with Gasteiger partial charge in [-0.2, -0.15) is 4.31 Å². The Labute approximate surface area is 191 Å². The fraction of sp³-hybridized carbons (Fsp3) is 0.269. The summed E-state index contributed by atoms with van der Waals surface area (Å²) < 4.78 is 28.1. The van der Waals surface area contributed by atoms with Crippen LogP contribution in [-0.2, 0) is 21.4 Å². The van der Waals surface area contributed by atoms with Gasteiger partial charge in [0.15, 0.2) is 0 Å². The fourth-order valence-electron chi connectivity index (χ4n) is 3.82. The smallest absolute Gasteiger partial charge is 0.243 e. The van der Waals surface area contributed by atoms with E-state index in [0.717, 1.165) is 39.1 Å². The molecule has 1 amide bonds. The first-order chi connectivity index (χ1) is 15.1. The first kappa shape index (κ1) is 23.7. The molecule has 5 nitrogen and oxygen atoms in total. The van der Waals surface area contributed by atoms with Gasteiger partial charge < -0.3 is 5.32 Å². The minimum Gasteiger partial charge on any atom is -0.324 e. The van der Waals surface area contributed by atoms with Crippen LogP contribution >= 0.6 is 0 Å². The third kappa shape index (κ3) is 5.64. The molecule has 0 aromatic heterocycles. The van der Waals surface area contributed by atoms with Crippen LogP contribution in [0.3, 0.4) is 0 Å². The number of amides is 1. The summed E-state index contributed by atoms with van der Waals surface area (Å²) in [6, 6.07) is 18.3. The molecule has 0 aliphatic rings. The van der Waals surface area contributed by atoms with Crippen LogP contribution in [0.1, 0.15) is 33.4 Å². The molecular formula is C26H30N2O3S. The predicted octanol–water partition coefficient (Wildman–Crippen LogP) is 5.06. The molecule has 0 aliphatic heterocycles. The molecule has 0 heterocycles. The Morgan fingerprint density at radius 3 is 2.03 bits per heavy atom. The molecule has 0 unspecified atom stereocenters. The highest BCUT2D eigenvalue weighted by atomic mass is 32.2. The van der Waals surface area contributed by atoms with Crippen molar-refractivity contribution in [3.05, 3.63) is 94.0 Å². The van der Waals surface area contributed by atoms with Crippen LogP contribution in [-0.4, -0.2) is 25.2 Å². The van der Waals surface area contributed by atoms with E-state index >= 15 is 0 Å². The predicted molar refractivity (Wildman–Crippen MR) is 129 cm³/mol. The molecule has 0 fully saturated rings. The third-order valence-electron chi connectivity index (χ3n) is 5.36. The van der Waals surface area contributed by atoms with Crippen molar-refractivity contribution >= 4 is 21.6 Å². The number of carbonyl (C=O) groups excluding carboxylic acids is 1. The molecule has 0 bridgehead atoms. The average molecular weight is 451 g/mol. The molecule has 168 valence electrons. The Kier molecular flexibility index (Phi) is 7.16. The number of hydrogen-bond acceptors (Lipinski definition) is 3. The number of anilines is 1. The van der Waals surface area contributed by atoms with Gasteiger partial charge >= 0.3 is 0 Å². The molecule has 3 aromatic rings. The van der Waals surface area contributed by atoms with Crippen molar-refractivity contribution in [1.29, 1.82) is 0 Å². The van der Waals surface area contributed by atoms with E-state index in [2.05, 4.69) is 5.32 Å². The van der Waals surface area contributed by atoms with Crippen molar-refractivity contribution in [1.82, 2.24) is 4.31 Å². The number of nitrogens with zero attached hydrogens (tertiary/aromatic N) is 1. The summed E-state index contributed by atoms with van der Waals surface area (Å²) >= 11 is 0. The van der Waals surface area contributed by atoms with Crippen molar-refractivity contribution in [2.45, 2.75) is 46.1 Å². The van der Waals surface area contributed by atoms with Crippen molar-refractivity contribution in [3.63, 3.8) is 0 Å². The Morgan fingerprint density at radius 1 is 0.812 bits per heavy atom. The van der Waals surface area contributed by atoms with Crippen molar-refractivity contribution in [2.75, 3.05) is 11.9 Å². The van der Waals surface area contributed by atoms with Crippen molar-refractivity contribution in [3.8, 4) is 0 Å². The minimum atomic E-state index is -3.87. The maximum Gasteiger partial charge on any atom is 0.243 e. The molecule has 0 radical (unpaired) electrons. The van der Waals surface area contributed by atoms with Gasteiger partial charge in [-0.1, -0.05) is 65.2 Å². The highest BCUT2D eigenvalue weighted by Gasteiger charge is 2.27. The van der Waals surface area contributed by atoms with Crippen LogP contribution in [0.15, 0.2) is 65.6 Å². The zero-order valence-corrected chi connectivity index (χ0v) is 20.1. The van der Waals surface area contributed by atoms with Gasteiger partial charge in [0, 0.05) is 12.2 Å². The average Bonchev–Trinajstić information content (AvgIpc) is 2.70. The Bertz CT molecular complexity index is 1210. The minimum absolute atomic E-state index is 0.108. The van der Waals surface area contributed by atoms with Gasteiger partial charge in [-0.25, -0.2) is 8.42 Å². The van der Waals surface area contributed by atoms with E-state index in [1.54, 1.807) is 24.3 Å². The van der Waals surface area contributed by atoms with Gasteiger partial charge in [-0.15, -0.1) is 0 Å². The molecule has 0 atom stereocenters. The van der Waals surface area contributed by atoms with E-state index in [0.29, 0.717) is 0 Å². The molecule has 1 N–H and O–H groups in total. The zero-order chi connectivity index (χ0) is 23.5. The lowest BCUT2D eigenvalue weighted by atomic mass is 10.1. The topological polar surface area (TPSA) is 66.5 Å². The van der Waals surface area contributed by atoms with Gasteiger partial charge in [-0.3, -0.25) is 4.79 Å². The number of sulfonamides is 1. The van der Waals surface area contributed by atoms with E-state index < -0.39 is 10.0 Å². The SMILES string of the molecule is Cc1ccc(S(=O)(=O)N(CC(=O)Nc2c(C)cc(C)cc2C)Cc2cccc(C)c2)cc1. The van der Waals surface area contributed by atoms with Crippen LogP contribution in [0.4, 0.5) is 5.69 Å². The lowest BCUT2D eigenvalue weighted by Gasteiger charge is -2.23. The lowest BCUT2D eigenvalue weighted by molar-refractivity contribution is -0.116. The van der Waals surface area contributed by atoms with Gasteiger partial charge in [0.1, 0.15) is 0 Å². The molecular weight excluding hydrogens is 420 g/mol. The normalized spacial score (nSPS) is 11.6. The molecule has 0 spiro atoms. The number of carbonyl (C=O) groups is 1. The van der Waals surface area contributed by atoms with Gasteiger partial charge in [0.25, 0.3) is 0 Å². The van der Waals surface area contributed by atoms with E-state index in [9.17, 15) is 13.2 Å². The van der Waals surface area contributed by atoms with Gasteiger partial charge in [-0.05, 0) is 63.4 Å². The number of hydrogen-bond donors (Lipinski definition) is 1. The summed E-state index contributed by atoms with van der Waals surface area (Å²) in [5.74, 6) is -0.372. The molecule has 0 saturated carbocycles. The standard InChI is InChI=1S/C26H30N2O3S/c1-18-9-11-24(12-10-18)32(30,31)28(16-23-8-6-7-19(2)15-23)17-25(29)27-26-21(4)13-20(3)14-22(26)5/h6-15H,16-17H2,1-5H3,(H,27,29). The van der Waals surface area contributed by atoms with Crippen molar-refractivity contribution in [2.24, 2.45) is 0 Å². The van der Waals surface area contributed by atoms with Crippen LogP contribution in [0.2, 0.25) is 0 Å². The maximum atomic E-state index is 13.4. The first-order valence-corrected chi connectivity index (χ1v) is 12.0. The second-order valence-electron chi connectivity index (χ2n) is 8.40. The first-order valence-electron chi connectivity index (χ1n) is 10.6. The highest BCUT2D eigenvalue weighted by molar-refractivity contribution is 7.89. The number of aryl methyl sites for hydroxylation is 5. The van der Waals surface area contributed by atoms with E-state index in [4.69, 9.17) is 0 Å². The summed E-state index contributed by atoms with van der Waals surface area (Å²) in [6.45, 7) is 9.56. The van der Waals surface area contributed by atoms with Crippen LogP contribution in [0.5, 0.6) is 0 Å². The van der Waals surface area contributed by atoms with Gasteiger partial charge in [0.2, 0.25) is 15.9 Å². The summed E-state index contributed by atoms with van der Waals surface area (Å²) in [7, 11) is -3.87. The summed E-state index contributed by atoms with van der Waals surface area (Å²) in [6.07, 6.45) is 0. The van der Waals surface area contributed by atoms with Crippen LogP contribution in [0, 0.1) is 34.6 Å². The lowest BCUT2D eigenvalue weighted by Crippen LogP contribution is -2.37. The Balaban J connectivity index is 1.91. The zero-order valence-electron chi connectivity index (χ0n) is 19.3. The highest BCUT2D eigenvalue weighted by Crippen LogP contribution is 2.23. The van der Waals surface area contributed by atoms with E-state index in [-0.39, 0.29) is 23.9 Å². The third-order valence-corrected chi connectivity index (χ3v) is 7.17. The van der Waals surface area contributed by atoms with Crippen LogP contribution in [0.25, 0.3) is 0 Å². The number of benzene rings is 3. The monoisotopic (exact) mass is 450 g/mol. The quantitative estimate of drug-likeness (QED) is 0.547. The van der Waals surface area contributed by atoms with Crippen LogP contribution < -0.4 is 5.32 Å². The van der Waals surface area contributed by atoms with E-state index in [1.807, 2.05) is 71.0 Å². The molecule has 3 aromatic carbocycles. The van der Waals surface area contributed by atoms with Crippen molar-refractivity contribution < 1.29 is 13.2 Å². The fourth-order valence-corrected chi connectivity index (χ4v) is 5.20. The molecule has 3 rings (SSSR count). The largest absolute Gasteiger partial charge is 0.324 e. The summed E-state index contributed by atoms with van der Waals surface area (Å²) in [4.78, 5) is 13.2. The number of nitrogens with one attached hydrogen (secondary N) is 1. The summed E-state index contributed by atoms with van der Waals surface area (Å²) in [5.41, 5.74) is 6.56. The molecule has 6 heteroatoms. The van der Waals surface area contributed by atoms with Gasteiger partial charge in [0.05, 0.1) is 11.4 Å². The molecule has 32 heavy (non-hydrogen) atoms. The Hall–Kier alpha value is -2.96. The number of rotatable bonds is 7. The molecule has 0 aliphatic carbocycles. The second kappa shape index (κ2) is 9.67. The van der Waals surface area contributed by atoms with E-state index in [1.165, 1.54) is 4.31 Å².